The summed E-state index contributed by atoms with van der Waals surface area (Å²) in [7, 11) is 0. The maximum absolute atomic E-state index is 11.9. The van der Waals surface area contributed by atoms with Crippen LogP contribution in [0.3, 0.4) is 0 Å². The molecule has 0 aliphatic heterocycles. The first-order valence-electron chi connectivity index (χ1n) is 5.05. The van der Waals surface area contributed by atoms with Crippen LogP contribution in [0.15, 0.2) is 30.0 Å². The second-order valence-electron chi connectivity index (χ2n) is 3.52. The highest BCUT2D eigenvalue weighted by Crippen LogP contribution is 2.29. The lowest BCUT2D eigenvalue weighted by Gasteiger charge is -2.00. The number of thiophene rings is 2. The summed E-state index contributed by atoms with van der Waals surface area (Å²) in [5.74, 6) is -0.0343. The lowest BCUT2D eigenvalue weighted by atomic mass is 10.4. The number of carbonyl (C=O) groups excluding carboxylic acids is 1. The molecule has 0 saturated heterocycles. The maximum atomic E-state index is 11.9. The number of aromatic nitrogens is 2. The molecule has 17 heavy (non-hydrogen) atoms. The van der Waals surface area contributed by atoms with Gasteiger partial charge in [0.15, 0.2) is 0 Å². The molecule has 0 aliphatic carbocycles. The summed E-state index contributed by atoms with van der Waals surface area (Å²) < 4.78 is 2.34. The number of aromatic amines is 1. The molecule has 0 atom stereocenters. The van der Waals surface area contributed by atoms with Gasteiger partial charge < -0.3 is 10.3 Å². The van der Waals surface area contributed by atoms with Crippen LogP contribution in [0.25, 0.3) is 9.40 Å². The predicted octanol–water partition coefficient (Wildman–Crippen LogP) is 2.62. The van der Waals surface area contributed by atoms with Crippen molar-refractivity contribution in [2.24, 2.45) is 0 Å². The van der Waals surface area contributed by atoms with Gasteiger partial charge in [-0.05, 0) is 17.5 Å². The van der Waals surface area contributed by atoms with E-state index in [-0.39, 0.29) is 5.91 Å². The number of nitrogens with one attached hydrogen (secondary N) is 2. The third kappa shape index (κ3) is 2.09. The molecule has 0 aliphatic rings. The van der Waals surface area contributed by atoms with Crippen molar-refractivity contribution in [3.8, 4) is 0 Å². The zero-order valence-corrected chi connectivity index (χ0v) is 10.4. The van der Waals surface area contributed by atoms with Gasteiger partial charge in [0, 0.05) is 15.6 Å². The highest BCUT2D eigenvalue weighted by Gasteiger charge is 2.10. The minimum Gasteiger partial charge on any atom is -0.347 e. The van der Waals surface area contributed by atoms with E-state index in [2.05, 4.69) is 15.3 Å². The average Bonchev–Trinajstić information content (AvgIpc) is 3.01. The number of H-pyrrole nitrogens is 1. The second-order valence-corrected chi connectivity index (χ2v) is 5.55. The van der Waals surface area contributed by atoms with Gasteiger partial charge in [-0.1, -0.05) is 0 Å². The Bertz CT molecular complexity index is 610. The van der Waals surface area contributed by atoms with E-state index in [1.807, 2.05) is 17.5 Å². The van der Waals surface area contributed by atoms with Crippen LogP contribution in [0, 0.1) is 0 Å². The van der Waals surface area contributed by atoms with E-state index in [0.29, 0.717) is 6.54 Å². The normalized spacial score (nSPS) is 10.8. The van der Waals surface area contributed by atoms with Crippen LogP contribution >= 0.6 is 22.7 Å². The third-order valence-corrected chi connectivity index (χ3v) is 4.45. The predicted molar refractivity (Wildman–Crippen MR) is 69.5 cm³/mol. The van der Waals surface area contributed by atoms with Crippen molar-refractivity contribution < 1.29 is 4.79 Å². The van der Waals surface area contributed by atoms with Crippen LogP contribution in [0.2, 0.25) is 0 Å². The fraction of sp³-hybridized carbons (Fsp3) is 0.0909. The van der Waals surface area contributed by atoms with Gasteiger partial charge in [0.1, 0.15) is 0 Å². The molecule has 0 radical (unpaired) electrons. The molecular weight excluding hydrogens is 254 g/mol. The molecule has 3 aromatic heterocycles. The highest BCUT2D eigenvalue weighted by atomic mass is 32.1. The molecular formula is C11H9N3OS2. The molecule has 3 aromatic rings. The number of carbonyl (C=O) groups is 1. The van der Waals surface area contributed by atoms with Gasteiger partial charge in [0.05, 0.1) is 23.4 Å². The molecule has 86 valence electrons. The van der Waals surface area contributed by atoms with Gasteiger partial charge in [-0.15, -0.1) is 22.7 Å². The fourth-order valence-corrected chi connectivity index (χ4v) is 3.55. The fourth-order valence-electron chi connectivity index (χ4n) is 1.52. The minimum atomic E-state index is -0.0343. The highest BCUT2D eigenvalue weighted by molar-refractivity contribution is 7.27. The van der Waals surface area contributed by atoms with Gasteiger partial charge in [-0.25, -0.2) is 4.98 Å². The molecule has 4 nitrogen and oxygen atoms in total. The number of imidazole rings is 1. The van der Waals surface area contributed by atoms with Crippen LogP contribution < -0.4 is 5.32 Å². The van der Waals surface area contributed by atoms with Crippen molar-refractivity contribution in [2.75, 3.05) is 0 Å². The molecule has 3 rings (SSSR count). The Morgan fingerprint density at radius 2 is 2.41 bits per heavy atom. The standard InChI is InChI=1S/C11H9N3OS2/c15-11(13-5-7-4-12-6-14-7)10-3-9-8(17-10)1-2-16-9/h1-4,6H,5H2,(H,12,14)(H,13,15). The van der Waals surface area contributed by atoms with Gasteiger partial charge >= 0.3 is 0 Å². The third-order valence-electron chi connectivity index (χ3n) is 2.36. The summed E-state index contributed by atoms with van der Waals surface area (Å²) in [6.45, 7) is 0.477. The van der Waals surface area contributed by atoms with Gasteiger partial charge in [0.2, 0.25) is 0 Å². The second kappa shape index (κ2) is 4.31. The zero-order valence-electron chi connectivity index (χ0n) is 8.77. The van der Waals surface area contributed by atoms with Crippen molar-refractivity contribution in [1.82, 2.24) is 15.3 Å². The first kappa shape index (κ1) is 10.5. The van der Waals surface area contributed by atoms with Gasteiger partial charge in [0.25, 0.3) is 5.91 Å². The number of rotatable bonds is 3. The first-order chi connectivity index (χ1) is 8.33. The molecule has 3 heterocycles. The maximum Gasteiger partial charge on any atom is 0.261 e. The van der Waals surface area contributed by atoms with E-state index in [1.165, 1.54) is 20.7 Å². The van der Waals surface area contributed by atoms with Crippen molar-refractivity contribution >= 4 is 38.0 Å². The summed E-state index contributed by atoms with van der Waals surface area (Å²) in [5.41, 5.74) is 0.900. The van der Waals surface area contributed by atoms with Crippen molar-refractivity contribution in [3.05, 3.63) is 40.6 Å². The SMILES string of the molecule is O=C(NCc1cnc[nH]1)c1cc2sccc2s1. The summed E-state index contributed by atoms with van der Waals surface area (Å²) in [5, 5.41) is 4.89. The monoisotopic (exact) mass is 263 g/mol. The summed E-state index contributed by atoms with van der Waals surface area (Å²) in [4.78, 5) is 19.5. The molecule has 0 unspecified atom stereocenters. The lowest BCUT2D eigenvalue weighted by Crippen LogP contribution is -2.21. The molecule has 6 heteroatoms. The average molecular weight is 263 g/mol. The van der Waals surface area contributed by atoms with E-state index in [4.69, 9.17) is 0 Å². The summed E-state index contributed by atoms with van der Waals surface area (Å²) in [6.07, 6.45) is 3.30. The topological polar surface area (TPSA) is 57.8 Å². The number of amides is 1. The van der Waals surface area contributed by atoms with Crippen molar-refractivity contribution in [3.63, 3.8) is 0 Å². The smallest absolute Gasteiger partial charge is 0.261 e. The molecule has 0 spiro atoms. The Labute approximate surface area is 105 Å². The quantitative estimate of drug-likeness (QED) is 0.763. The Morgan fingerprint density at radius 3 is 3.18 bits per heavy atom. The Hall–Kier alpha value is -1.66. The van der Waals surface area contributed by atoms with Crippen LogP contribution in [-0.4, -0.2) is 15.9 Å². The number of hydrogen-bond donors (Lipinski definition) is 2. The Morgan fingerprint density at radius 1 is 1.47 bits per heavy atom. The largest absolute Gasteiger partial charge is 0.347 e. The van der Waals surface area contributed by atoms with Crippen LogP contribution in [0.4, 0.5) is 0 Å². The van der Waals surface area contributed by atoms with Crippen LogP contribution in [0.1, 0.15) is 15.4 Å². The van der Waals surface area contributed by atoms with Crippen molar-refractivity contribution in [2.45, 2.75) is 6.54 Å². The molecule has 0 aromatic carbocycles. The summed E-state index contributed by atoms with van der Waals surface area (Å²) in [6, 6.07) is 3.98. The Balaban J connectivity index is 1.72. The van der Waals surface area contributed by atoms with Crippen LogP contribution in [0.5, 0.6) is 0 Å². The zero-order chi connectivity index (χ0) is 11.7. The van der Waals surface area contributed by atoms with E-state index >= 15 is 0 Å². The number of nitrogens with zero attached hydrogens (tertiary/aromatic N) is 1. The van der Waals surface area contributed by atoms with Crippen molar-refractivity contribution in [1.29, 1.82) is 0 Å². The molecule has 0 bridgehead atoms. The van der Waals surface area contributed by atoms with Crippen LogP contribution in [-0.2, 0) is 6.54 Å². The number of fused-ring (bicyclic) bond motifs is 1. The summed E-state index contributed by atoms with van der Waals surface area (Å²) >= 11 is 3.18. The van der Waals surface area contributed by atoms with Gasteiger partial charge in [-0.2, -0.15) is 0 Å². The molecule has 0 fully saturated rings. The van der Waals surface area contributed by atoms with Gasteiger partial charge in [-0.3, -0.25) is 4.79 Å². The molecule has 2 N–H and O–H groups in total. The Kier molecular flexibility index (Phi) is 2.66. The molecule has 0 saturated carbocycles. The van der Waals surface area contributed by atoms with E-state index < -0.39 is 0 Å². The molecule has 1 amide bonds. The first-order valence-corrected chi connectivity index (χ1v) is 6.75. The van der Waals surface area contributed by atoms with E-state index in [1.54, 1.807) is 23.9 Å². The lowest BCUT2D eigenvalue weighted by molar-refractivity contribution is 0.0954. The van der Waals surface area contributed by atoms with E-state index in [0.717, 1.165) is 10.6 Å². The van der Waals surface area contributed by atoms with E-state index in [9.17, 15) is 4.79 Å². The minimum absolute atomic E-state index is 0.0343. The number of hydrogen-bond acceptors (Lipinski definition) is 4.